The maximum Gasteiger partial charge on any atom is 0.231 e. The Bertz CT molecular complexity index is 1320. The molecule has 0 unspecified atom stereocenters. The van der Waals surface area contributed by atoms with Gasteiger partial charge in [-0.2, -0.15) is 0 Å². The van der Waals surface area contributed by atoms with E-state index in [4.69, 9.17) is 14.2 Å². The summed E-state index contributed by atoms with van der Waals surface area (Å²) >= 11 is 0. The summed E-state index contributed by atoms with van der Waals surface area (Å²) in [6.45, 7) is 5.81. The number of hydrogen-bond donors (Lipinski definition) is 1. The Hall–Kier alpha value is -3.38. The fourth-order valence-electron chi connectivity index (χ4n) is 6.61. The lowest BCUT2D eigenvalue weighted by atomic mass is 9.44. The summed E-state index contributed by atoms with van der Waals surface area (Å²) in [4.78, 5) is 28.1. The van der Waals surface area contributed by atoms with Gasteiger partial charge in [0, 0.05) is 22.8 Å². The molecule has 5 aliphatic rings. The first-order chi connectivity index (χ1) is 16.7. The van der Waals surface area contributed by atoms with Crippen molar-refractivity contribution < 1.29 is 28.9 Å². The van der Waals surface area contributed by atoms with E-state index in [-0.39, 0.29) is 24.3 Å². The molecule has 5 atom stereocenters. The van der Waals surface area contributed by atoms with E-state index in [0.29, 0.717) is 22.8 Å². The van der Waals surface area contributed by atoms with Crippen molar-refractivity contribution in [2.75, 3.05) is 13.9 Å². The average Bonchev–Trinajstić information content (AvgIpc) is 3.44. The highest BCUT2D eigenvalue weighted by Gasteiger charge is 2.70. The number of Topliss-reactive ketones (excluding diaryl/α,β-unsaturated/α-hetero) is 2. The molecule has 1 fully saturated rings. The molecule has 0 radical (unpaired) electrons. The van der Waals surface area contributed by atoms with Crippen LogP contribution in [0.15, 0.2) is 60.2 Å². The quantitative estimate of drug-likeness (QED) is 0.675. The minimum Gasteiger partial charge on any atom is -0.497 e. The topological polar surface area (TPSA) is 82.1 Å². The van der Waals surface area contributed by atoms with Gasteiger partial charge < -0.3 is 19.3 Å². The van der Waals surface area contributed by atoms with Gasteiger partial charge in [-0.25, -0.2) is 0 Å². The van der Waals surface area contributed by atoms with Gasteiger partial charge in [-0.3, -0.25) is 9.59 Å². The molecule has 1 aliphatic heterocycles. The number of carbonyl (C=O) groups is 2. The van der Waals surface area contributed by atoms with Gasteiger partial charge in [0.15, 0.2) is 23.1 Å². The third-order valence-corrected chi connectivity index (χ3v) is 8.34. The van der Waals surface area contributed by atoms with Crippen LogP contribution in [0, 0.1) is 23.7 Å². The molecular weight excluding hydrogens is 444 g/mol. The van der Waals surface area contributed by atoms with Gasteiger partial charge in [0.25, 0.3) is 0 Å². The lowest BCUT2D eigenvalue weighted by molar-refractivity contribution is -0.161. The number of rotatable bonds is 4. The largest absolute Gasteiger partial charge is 0.497 e. The number of hydrogen-bond acceptors (Lipinski definition) is 6. The molecule has 2 bridgehead atoms. The molecule has 2 aromatic carbocycles. The summed E-state index contributed by atoms with van der Waals surface area (Å²) in [6, 6.07) is 13.1. The lowest BCUT2D eigenvalue weighted by Gasteiger charge is -2.57. The van der Waals surface area contributed by atoms with Crippen LogP contribution in [-0.2, 0) is 15.0 Å². The number of ether oxygens (including phenoxy) is 3. The first-order valence-corrected chi connectivity index (χ1v) is 12.0. The van der Waals surface area contributed by atoms with E-state index in [2.05, 4.69) is 13.8 Å². The summed E-state index contributed by atoms with van der Waals surface area (Å²) in [5, 5.41) is 11.4. The molecule has 6 nitrogen and oxygen atoms in total. The van der Waals surface area contributed by atoms with Crippen LogP contribution in [0.2, 0.25) is 0 Å². The van der Waals surface area contributed by atoms with Crippen molar-refractivity contribution in [3.8, 4) is 17.2 Å². The summed E-state index contributed by atoms with van der Waals surface area (Å²) < 4.78 is 16.5. The SMILES string of the molecule is COc1ccc(C2=C[C@@]3(c4ccc5c(c4)OCO5)[C@@H]4C(=O)[C@](C)(O)[C@@H](C=C4C(C)C)[C@H]3C2=O)cc1. The average molecular weight is 473 g/mol. The van der Waals surface area contributed by atoms with E-state index >= 15 is 0 Å². The highest BCUT2D eigenvalue weighted by Crippen LogP contribution is 2.64. The van der Waals surface area contributed by atoms with E-state index < -0.39 is 28.8 Å². The molecule has 1 N–H and O–H groups in total. The third kappa shape index (κ3) is 2.80. The first kappa shape index (κ1) is 22.1. The number of methoxy groups -OCH3 is 1. The molecule has 1 heterocycles. The second kappa shape index (κ2) is 7.31. The Labute approximate surface area is 204 Å². The summed E-state index contributed by atoms with van der Waals surface area (Å²) in [7, 11) is 1.60. The van der Waals surface area contributed by atoms with Crippen LogP contribution in [0.1, 0.15) is 31.9 Å². The standard InChI is InChI=1S/C29H28O6/c1-15(2)19-12-21-25-26(30)20(16-5-8-18(33-4)9-6-16)13-29(25,24(19)27(31)28(21,3)32)17-7-10-22-23(11-17)35-14-34-22/h5-13,15,21,24-25,32H,14H2,1-4H3/t21-,24-,25-,28+,29+/m0/s1. The number of ketones is 2. The van der Waals surface area contributed by atoms with Gasteiger partial charge >= 0.3 is 0 Å². The molecule has 1 saturated carbocycles. The van der Waals surface area contributed by atoms with Crippen LogP contribution in [0.3, 0.4) is 0 Å². The molecule has 4 aliphatic carbocycles. The highest BCUT2D eigenvalue weighted by molar-refractivity contribution is 6.26. The zero-order chi connectivity index (χ0) is 24.7. The van der Waals surface area contributed by atoms with Gasteiger partial charge in [-0.05, 0) is 48.2 Å². The van der Waals surface area contributed by atoms with Gasteiger partial charge in [0.2, 0.25) is 6.79 Å². The highest BCUT2D eigenvalue weighted by atomic mass is 16.7. The lowest BCUT2D eigenvalue weighted by Crippen LogP contribution is -2.66. The van der Waals surface area contributed by atoms with E-state index in [1.54, 1.807) is 14.0 Å². The van der Waals surface area contributed by atoms with Gasteiger partial charge in [0.1, 0.15) is 11.4 Å². The number of allylic oxidation sites excluding steroid dienone is 3. The van der Waals surface area contributed by atoms with E-state index in [0.717, 1.165) is 16.7 Å². The molecule has 6 heteroatoms. The van der Waals surface area contributed by atoms with Gasteiger partial charge in [-0.15, -0.1) is 0 Å². The van der Waals surface area contributed by atoms with Crippen molar-refractivity contribution in [1.82, 2.24) is 0 Å². The van der Waals surface area contributed by atoms with Crippen molar-refractivity contribution in [2.24, 2.45) is 23.7 Å². The van der Waals surface area contributed by atoms with Crippen molar-refractivity contribution in [3.05, 3.63) is 71.3 Å². The van der Waals surface area contributed by atoms with Crippen LogP contribution >= 0.6 is 0 Å². The molecule has 0 aromatic heterocycles. The van der Waals surface area contributed by atoms with Crippen molar-refractivity contribution in [3.63, 3.8) is 0 Å². The summed E-state index contributed by atoms with van der Waals surface area (Å²) in [6.07, 6.45) is 3.98. The predicted molar refractivity (Wildman–Crippen MR) is 129 cm³/mol. The maximum absolute atomic E-state index is 14.2. The number of carbonyl (C=O) groups excluding carboxylic acids is 2. The summed E-state index contributed by atoms with van der Waals surface area (Å²) in [5.41, 5.74) is 0.587. The van der Waals surface area contributed by atoms with E-state index in [9.17, 15) is 14.7 Å². The molecule has 35 heavy (non-hydrogen) atoms. The fourth-order valence-corrected chi connectivity index (χ4v) is 6.61. The van der Waals surface area contributed by atoms with Gasteiger partial charge in [0.05, 0.1) is 13.0 Å². The normalized spacial score (nSPS) is 32.6. The first-order valence-electron chi connectivity index (χ1n) is 12.0. The van der Waals surface area contributed by atoms with Crippen molar-refractivity contribution in [1.29, 1.82) is 0 Å². The van der Waals surface area contributed by atoms with E-state index in [1.807, 2.05) is 54.6 Å². The number of fused-ring (bicyclic) bond motifs is 2. The Balaban J connectivity index is 1.63. The minimum atomic E-state index is -1.62. The van der Waals surface area contributed by atoms with Crippen LogP contribution in [-0.4, -0.2) is 36.2 Å². The molecule has 0 amide bonds. The number of aliphatic hydroxyl groups is 1. The predicted octanol–water partition coefficient (Wildman–Crippen LogP) is 4.11. The zero-order valence-electron chi connectivity index (χ0n) is 20.2. The molecule has 7 rings (SSSR count). The van der Waals surface area contributed by atoms with Crippen LogP contribution in [0.4, 0.5) is 0 Å². The molecule has 2 aromatic rings. The van der Waals surface area contributed by atoms with Crippen LogP contribution in [0.25, 0.3) is 5.57 Å². The van der Waals surface area contributed by atoms with Crippen LogP contribution in [0.5, 0.6) is 17.2 Å². The Morgan fingerprint density at radius 3 is 2.46 bits per heavy atom. The smallest absolute Gasteiger partial charge is 0.231 e. The second-order valence-corrected chi connectivity index (χ2v) is 10.4. The second-order valence-electron chi connectivity index (χ2n) is 10.4. The van der Waals surface area contributed by atoms with Crippen LogP contribution < -0.4 is 14.2 Å². The maximum atomic E-state index is 14.2. The van der Waals surface area contributed by atoms with Crippen molar-refractivity contribution in [2.45, 2.75) is 31.8 Å². The Morgan fingerprint density at radius 2 is 1.77 bits per heavy atom. The molecule has 0 saturated heterocycles. The fraction of sp³-hybridized carbons (Fsp3) is 0.379. The summed E-state index contributed by atoms with van der Waals surface area (Å²) in [5.74, 6) is -0.172. The van der Waals surface area contributed by atoms with E-state index in [1.165, 1.54) is 0 Å². The third-order valence-electron chi connectivity index (χ3n) is 8.34. The zero-order valence-corrected chi connectivity index (χ0v) is 20.2. The molecular formula is C29H28O6. The molecule has 0 spiro atoms. The minimum absolute atomic E-state index is 0.0605. The monoisotopic (exact) mass is 472 g/mol. The molecule has 180 valence electrons. The Morgan fingerprint density at radius 1 is 1.06 bits per heavy atom. The van der Waals surface area contributed by atoms with Gasteiger partial charge in [-0.1, -0.05) is 49.8 Å². The Kier molecular flexibility index (Phi) is 4.62. The number of benzene rings is 2. The van der Waals surface area contributed by atoms with Crippen molar-refractivity contribution >= 4 is 17.1 Å².